The lowest BCUT2D eigenvalue weighted by Gasteiger charge is -2.08. The molecule has 4 nitrogen and oxygen atoms in total. The third kappa shape index (κ3) is 4.97. The zero-order chi connectivity index (χ0) is 12.7. The molecule has 0 unspecified atom stereocenters. The Kier molecular flexibility index (Phi) is 5.66. The first-order chi connectivity index (χ1) is 8.13. The van der Waals surface area contributed by atoms with Crippen molar-refractivity contribution in [2.75, 3.05) is 13.7 Å². The summed E-state index contributed by atoms with van der Waals surface area (Å²) in [4.78, 5) is 16.6. The van der Waals surface area contributed by atoms with Crippen LogP contribution in [-0.4, -0.2) is 19.6 Å². The van der Waals surface area contributed by atoms with E-state index in [1.54, 1.807) is 19.2 Å². The number of rotatable bonds is 6. The Morgan fingerprint density at radius 2 is 1.94 bits per heavy atom. The van der Waals surface area contributed by atoms with Gasteiger partial charge in [-0.1, -0.05) is 26.0 Å². The summed E-state index contributed by atoms with van der Waals surface area (Å²) in [5.41, 5.74) is 4.65. The molecule has 0 atom stereocenters. The third-order valence-electron chi connectivity index (χ3n) is 2.24. The van der Waals surface area contributed by atoms with Crippen LogP contribution in [0.4, 0.5) is 0 Å². The zero-order valence-electron chi connectivity index (χ0n) is 10.6. The highest BCUT2D eigenvalue weighted by Crippen LogP contribution is 2.04. The van der Waals surface area contributed by atoms with E-state index in [1.807, 2.05) is 12.1 Å². The highest BCUT2D eigenvalue weighted by Gasteiger charge is 2.02. The fourth-order valence-corrected chi connectivity index (χ4v) is 1.28. The number of amides is 1. The van der Waals surface area contributed by atoms with Gasteiger partial charge in [0, 0.05) is 19.2 Å². The third-order valence-corrected chi connectivity index (χ3v) is 2.24. The standard InChI is InChI=1S/C13H20N2O2/c1-10(2)9-17-15-8-11-4-6-12(7-5-11)13(16)14-3/h4-7,10,15H,8-9H2,1-3H3,(H,14,16). The van der Waals surface area contributed by atoms with E-state index < -0.39 is 0 Å². The molecular weight excluding hydrogens is 216 g/mol. The van der Waals surface area contributed by atoms with Crippen molar-refractivity contribution < 1.29 is 9.63 Å². The van der Waals surface area contributed by atoms with Gasteiger partial charge in [0.25, 0.3) is 5.91 Å². The monoisotopic (exact) mass is 236 g/mol. The minimum absolute atomic E-state index is 0.0689. The normalized spacial score (nSPS) is 10.6. The average Bonchev–Trinajstić information content (AvgIpc) is 2.34. The zero-order valence-corrected chi connectivity index (χ0v) is 10.6. The lowest BCUT2D eigenvalue weighted by molar-refractivity contribution is 0.0196. The first kappa shape index (κ1) is 13.7. The molecule has 17 heavy (non-hydrogen) atoms. The molecule has 0 aliphatic carbocycles. The van der Waals surface area contributed by atoms with Gasteiger partial charge >= 0.3 is 0 Å². The second-order valence-electron chi connectivity index (χ2n) is 4.30. The lowest BCUT2D eigenvalue weighted by Crippen LogP contribution is -2.19. The molecule has 0 spiro atoms. The van der Waals surface area contributed by atoms with Crippen LogP contribution in [-0.2, 0) is 11.4 Å². The molecule has 2 N–H and O–H groups in total. The minimum atomic E-state index is -0.0689. The van der Waals surface area contributed by atoms with Crippen LogP contribution in [0, 0.1) is 5.92 Å². The summed E-state index contributed by atoms with van der Waals surface area (Å²) in [6.07, 6.45) is 0. The van der Waals surface area contributed by atoms with Gasteiger partial charge in [-0.25, -0.2) is 0 Å². The fraction of sp³-hybridized carbons (Fsp3) is 0.462. The van der Waals surface area contributed by atoms with E-state index in [9.17, 15) is 4.79 Å². The van der Waals surface area contributed by atoms with Crippen LogP contribution < -0.4 is 10.8 Å². The van der Waals surface area contributed by atoms with E-state index in [0.717, 1.165) is 5.56 Å². The van der Waals surface area contributed by atoms with Gasteiger partial charge in [0.15, 0.2) is 0 Å². The molecule has 0 aliphatic rings. The first-order valence-corrected chi connectivity index (χ1v) is 5.79. The van der Waals surface area contributed by atoms with E-state index in [0.29, 0.717) is 24.6 Å². The number of carbonyl (C=O) groups is 1. The fourth-order valence-electron chi connectivity index (χ4n) is 1.28. The van der Waals surface area contributed by atoms with E-state index in [4.69, 9.17) is 4.84 Å². The van der Waals surface area contributed by atoms with Crippen LogP contribution in [0.15, 0.2) is 24.3 Å². The van der Waals surface area contributed by atoms with Crippen molar-refractivity contribution in [2.45, 2.75) is 20.4 Å². The van der Waals surface area contributed by atoms with Crippen molar-refractivity contribution in [1.82, 2.24) is 10.8 Å². The molecule has 0 heterocycles. The summed E-state index contributed by atoms with van der Waals surface area (Å²) in [6.45, 7) is 5.52. The van der Waals surface area contributed by atoms with Gasteiger partial charge < -0.3 is 10.2 Å². The molecule has 0 radical (unpaired) electrons. The SMILES string of the molecule is CNC(=O)c1ccc(CNOCC(C)C)cc1. The van der Waals surface area contributed by atoms with Gasteiger partial charge in [0.2, 0.25) is 0 Å². The summed E-state index contributed by atoms with van der Waals surface area (Å²) in [7, 11) is 1.62. The maximum Gasteiger partial charge on any atom is 0.251 e. The number of nitrogens with one attached hydrogen (secondary N) is 2. The average molecular weight is 236 g/mol. The van der Waals surface area contributed by atoms with Gasteiger partial charge in [-0.2, -0.15) is 5.48 Å². The molecule has 0 saturated heterocycles. The molecule has 1 aromatic carbocycles. The van der Waals surface area contributed by atoms with Crippen LogP contribution in [0.2, 0.25) is 0 Å². The van der Waals surface area contributed by atoms with Gasteiger partial charge in [-0.15, -0.1) is 0 Å². The molecule has 0 saturated carbocycles. The highest BCUT2D eigenvalue weighted by molar-refractivity contribution is 5.93. The Hall–Kier alpha value is -1.39. The van der Waals surface area contributed by atoms with E-state index in [1.165, 1.54) is 0 Å². The van der Waals surface area contributed by atoms with Gasteiger partial charge in [0.05, 0.1) is 6.61 Å². The van der Waals surface area contributed by atoms with Crippen LogP contribution in [0.5, 0.6) is 0 Å². The minimum Gasteiger partial charge on any atom is -0.355 e. The molecule has 1 amide bonds. The van der Waals surface area contributed by atoms with Crippen molar-refractivity contribution in [2.24, 2.45) is 5.92 Å². The summed E-state index contributed by atoms with van der Waals surface area (Å²) in [5.74, 6) is 0.443. The summed E-state index contributed by atoms with van der Waals surface area (Å²) in [5, 5.41) is 2.59. The molecule has 0 aliphatic heterocycles. The van der Waals surface area contributed by atoms with E-state index >= 15 is 0 Å². The second kappa shape index (κ2) is 7.04. The number of carbonyl (C=O) groups excluding carboxylic acids is 1. The first-order valence-electron chi connectivity index (χ1n) is 5.79. The second-order valence-corrected chi connectivity index (χ2v) is 4.30. The van der Waals surface area contributed by atoms with Crippen molar-refractivity contribution in [3.05, 3.63) is 35.4 Å². The van der Waals surface area contributed by atoms with Crippen molar-refractivity contribution in [3.8, 4) is 0 Å². The van der Waals surface area contributed by atoms with E-state index in [-0.39, 0.29) is 5.91 Å². The molecule has 1 aromatic rings. The molecular formula is C13H20N2O2. The number of hydrogen-bond acceptors (Lipinski definition) is 3. The number of hydrogen-bond donors (Lipinski definition) is 2. The maximum absolute atomic E-state index is 11.3. The predicted octanol–water partition coefficient (Wildman–Crippen LogP) is 1.72. The Morgan fingerprint density at radius 1 is 1.29 bits per heavy atom. The Bertz CT molecular complexity index is 347. The molecule has 0 aromatic heterocycles. The Balaban J connectivity index is 2.38. The number of hydroxylamine groups is 1. The van der Waals surface area contributed by atoms with Gasteiger partial charge in [-0.3, -0.25) is 4.79 Å². The maximum atomic E-state index is 11.3. The molecule has 1 rings (SSSR count). The van der Waals surface area contributed by atoms with E-state index in [2.05, 4.69) is 24.6 Å². The molecule has 4 heteroatoms. The van der Waals surface area contributed by atoms with Gasteiger partial charge in [0.1, 0.15) is 0 Å². The van der Waals surface area contributed by atoms with Crippen LogP contribution in [0.25, 0.3) is 0 Å². The summed E-state index contributed by atoms with van der Waals surface area (Å²) < 4.78 is 0. The summed E-state index contributed by atoms with van der Waals surface area (Å²) in [6, 6.07) is 7.43. The Morgan fingerprint density at radius 3 is 2.47 bits per heavy atom. The topological polar surface area (TPSA) is 50.4 Å². The Labute approximate surface area is 102 Å². The van der Waals surface area contributed by atoms with Crippen LogP contribution in [0.1, 0.15) is 29.8 Å². The predicted molar refractivity (Wildman–Crippen MR) is 67.5 cm³/mol. The van der Waals surface area contributed by atoms with Crippen LogP contribution >= 0.6 is 0 Å². The van der Waals surface area contributed by atoms with Crippen molar-refractivity contribution >= 4 is 5.91 Å². The molecule has 0 bridgehead atoms. The van der Waals surface area contributed by atoms with Gasteiger partial charge in [-0.05, 0) is 23.6 Å². The van der Waals surface area contributed by atoms with Crippen molar-refractivity contribution in [1.29, 1.82) is 0 Å². The molecule has 0 fully saturated rings. The smallest absolute Gasteiger partial charge is 0.251 e. The number of benzene rings is 1. The highest BCUT2D eigenvalue weighted by atomic mass is 16.6. The lowest BCUT2D eigenvalue weighted by atomic mass is 10.1. The largest absolute Gasteiger partial charge is 0.355 e. The summed E-state index contributed by atoms with van der Waals surface area (Å²) >= 11 is 0. The quantitative estimate of drug-likeness (QED) is 0.584. The molecule has 94 valence electrons. The van der Waals surface area contributed by atoms with Crippen LogP contribution in [0.3, 0.4) is 0 Å². The van der Waals surface area contributed by atoms with Crippen molar-refractivity contribution in [3.63, 3.8) is 0 Å².